The molecule has 0 aromatic heterocycles. The minimum absolute atomic E-state index is 0.112. The Morgan fingerprint density at radius 1 is 1.00 bits per heavy atom. The highest BCUT2D eigenvalue weighted by Crippen LogP contribution is 2.42. The standard InChI is InChI=1S/C6H9F5NO4S2/c1-2-3-4-17(13,14)12-18(15,16)6(10,11)5(7,8)9/h2-4H2,1H3/q-1. The average Bonchev–Trinajstić information content (AvgIpc) is 2.11. The van der Waals surface area contributed by atoms with E-state index in [1.54, 1.807) is 4.13 Å². The van der Waals surface area contributed by atoms with Gasteiger partial charge in [-0.05, 0) is 6.42 Å². The largest absolute Gasteiger partial charge is 0.467 e. The highest BCUT2D eigenvalue weighted by molar-refractivity contribution is 8.12. The maximum atomic E-state index is 12.5. The normalized spacial score (nSPS) is 14.8. The number of halogens is 5. The number of sulfonamides is 2. The molecule has 0 aromatic rings. The van der Waals surface area contributed by atoms with Crippen LogP contribution in [0.3, 0.4) is 0 Å². The van der Waals surface area contributed by atoms with Gasteiger partial charge >= 0.3 is 11.4 Å². The Labute approximate surface area is 100 Å². The van der Waals surface area contributed by atoms with Gasteiger partial charge in [0.1, 0.15) is 0 Å². The van der Waals surface area contributed by atoms with Crippen LogP contribution in [0.25, 0.3) is 4.13 Å². The fourth-order valence-corrected chi connectivity index (χ4v) is 3.52. The first-order valence-corrected chi connectivity index (χ1v) is 7.48. The Bertz CT molecular complexity index is 481. The van der Waals surface area contributed by atoms with Crippen molar-refractivity contribution >= 4 is 20.0 Å². The number of nitrogens with zero attached hydrogens (tertiary/aromatic N) is 1. The van der Waals surface area contributed by atoms with Crippen LogP contribution in [0.15, 0.2) is 0 Å². The highest BCUT2D eigenvalue weighted by Gasteiger charge is 2.64. The molecule has 0 unspecified atom stereocenters. The van der Waals surface area contributed by atoms with Crippen molar-refractivity contribution in [3.63, 3.8) is 0 Å². The summed E-state index contributed by atoms with van der Waals surface area (Å²) in [7, 11) is -11.4. The van der Waals surface area contributed by atoms with Crippen LogP contribution in [0.1, 0.15) is 19.8 Å². The molecule has 0 atom stereocenters. The monoisotopic (exact) mass is 318 g/mol. The predicted octanol–water partition coefficient (Wildman–Crippen LogP) is 1.97. The van der Waals surface area contributed by atoms with Crippen LogP contribution >= 0.6 is 0 Å². The molecule has 0 radical (unpaired) electrons. The summed E-state index contributed by atoms with van der Waals surface area (Å²) in [6.07, 6.45) is -6.28. The van der Waals surface area contributed by atoms with Crippen LogP contribution in [0.5, 0.6) is 0 Å². The smallest absolute Gasteiger partial charge is 0.431 e. The van der Waals surface area contributed by atoms with Crippen LogP contribution in [0.2, 0.25) is 0 Å². The third kappa shape index (κ3) is 4.02. The third-order valence-electron chi connectivity index (χ3n) is 1.62. The highest BCUT2D eigenvalue weighted by atomic mass is 32.3. The fourth-order valence-electron chi connectivity index (χ4n) is 0.707. The van der Waals surface area contributed by atoms with Crippen molar-refractivity contribution in [2.45, 2.75) is 31.2 Å². The Balaban J connectivity index is 5.22. The van der Waals surface area contributed by atoms with E-state index in [1.165, 1.54) is 6.92 Å². The van der Waals surface area contributed by atoms with E-state index in [1.807, 2.05) is 0 Å². The number of rotatable bonds is 6. The van der Waals surface area contributed by atoms with E-state index < -0.39 is 37.2 Å². The number of hydrogen-bond acceptors (Lipinski definition) is 4. The first kappa shape index (κ1) is 17.5. The molecule has 0 saturated carbocycles. The molecule has 0 amide bonds. The summed E-state index contributed by atoms with van der Waals surface area (Å²) in [5.74, 6) is -0.920. The van der Waals surface area contributed by atoms with Gasteiger partial charge in [-0.25, -0.2) is 16.8 Å². The lowest BCUT2D eigenvalue weighted by Crippen LogP contribution is -2.44. The first-order valence-electron chi connectivity index (χ1n) is 4.43. The van der Waals surface area contributed by atoms with E-state index in [-0.39, 0.29) is 12.8 Å². The van der Waals surface area contributed by atoms with Gasteiger partial charge in [-0.15, -0.1) is 0 Å². The van der Waals surface area contributed by atoms with Gasteiger partial charge in [0.15, 0.2) is 10.0 Å². The van der Waals surface area contributed by atoms with Crippen molar-refractivity contribution in [3.05, 3.63) is 4.13 Å². The number of hydrogen-bond donors (Lipinski definition) is 0. The molecule has 0 bridgehead atoms. The van der Waals surface area contributed by atoms with Crippen LogP contribution in [0, 0.1) is 0 Å². The zero-order valence-electron chi connectivity index (χ0n) is 8.91. The second-order valence-electron chi connectivity index (χ2n) is 3.20. The van der Waals surface area contributed by atoms with Gasteiger partial charge in [0.2, 0.25) is 0 Å². The van der Waals surface area contributed by atoms with E-state index in [2.05, 4.69) is 0 Å². The van der Waals surface area contributed by atoms with Gasteiger partial charge in [-0.2, -0.15) is 22.0 Å². The van der Waals surface area contributed by atoms with E-state index >= 15 is 0 Å². The minimum Gasteiger partial charge on any atom is -0.431 e. The van der Waals surface area contributed by atoms with Gasteiger partial charge in [-0.3, -0.25) is 0 Å². The third-order valence-corrected chi connectivity index (χ3v) is 5.00. The summed E-state index contributed by atoms with van der Waals surface area (Å²) in [5.41, 5.74) is 0. The second-order valence-corrected chi connectivity index (χ2v) is 6.83. The summed E-state index contributed by atoms with van der Waals surface area (Å²) in [6, 6.07) is 0. The predicted molar refractivity (Wildman–Crippen MR) is 52.0 cm³/mol. The van der Waals surface area contributed by atoms with Gasteiger partial charge in [-0.1, -0.05) is 13.3 Å². The minimum atomic E-state index is -6.53. The second kappa shape index (κ2) is 5.25. The molecular weight excluding hydrogens is 309 g/mol. The van der Waals surface area contributed by atoms with E-state index in [0.717, 1.165) is 0 Å². The van der Waals surface area contributed by atoms with Crippen molar-refractivity contribution in [2.75, 3.05) is 5.75 Å². The Morgan fingerprint density at radius 2 is 1.44 bits per heavy atom. The molecule has 0 fully saturated rings. The summed E-state index contributed by atoms with van der Waals surface area (Å²) >= 11 is 0. The molecule has 0 heterocycles. The molecule has 0 aliphatic rings. The Kier molecular flexibility index (Phi) is 5.11. The zero-order valence-corrected chi connectivity index (χ0v) is 10.5. The van der Waals surface area contributed by atoms with Crippen molar-refractivity contribution in [2.24, 2.45) is 0 Å². The molecule has 0 spiro atoms. The Morgan fingerprint density at radius 3 is 1.78 bits per heavy atom. The van der Waals surface area contributed by atoms with Gasteiger partial charge in [0.25, 0.3) is 0 Å². The van der Waals surface area contributed by atoms with Gasteiger partial charge in [0, 0.05) is 5.75 Å². The molecule has 0 aliphatic carbocycles. The Hall–Kier alpha value is -0.490. The quantitative estimate of drug-likeness (QED) is 0.701. The lowest BCUT2D eigenvalue weighted by molar-refractivity contribution is -0.240. The molecule has 0 aliphatic heterocycles. The summed E-state index contributed by atoms with van der Waals surface area (Å²) < 4.78 is 105. The van der Waals surface area contributed by atoms with Crippen LogP contribution in [0.4, 0.5) is 22.0 Å². The summed E-state index contributed by atoms with van der Waals surface area (Å²) in [5, 5.41) is -6.24. The molecule has 0 aromatic carbocycles. The fraction of sp³-hybridized carbons (Fsp3) is 1.00. The topological polar surface area (TPSA) is 82.4 Å². The maximum Gasteiger partial charge on any atom is 0.467 e. The van der Waals surface area contributed by atoms with Gasteiger partial charge in [0.05, 0.1) is 10.0 Å². The molecule has 0 N–H and O–H groups in total. The van der Waals surface area contributed by atoms with E-state index in [4.69, 9.17) is 0 Å². The first-order chi connectivity index (χ1) is 7.77. The lowest BCUT2D eigenvalue weighted by atomic mass is 10.4. The molecule has 12 heteroatoms. The molecule has 110 valence electrons. The van der Waals surface area contributed by atoms with Crippen LogP contribution < -0.4 is 0 Å². The van der Waals surface area contributed by atoms with Crippen LogP contribution in [-0.2, 0) is 20.0 Å². The van der Waals surface area contributed by atoms with Crippen molar-refractivity contribution < 1.29 is 38.8 Å². The zero-order chi connectivity index (χ0) is 14.8. The SMILES string of the molecule is CCCCS(=O)(=O)[N-]S(=O)(=O)C(F)(F)C(F)(F)F. The van der Waals surface area contributed by atoms with E-state index in [0.29, 0.717) is 0 Å². The molecular formula is C6H9F5NO4S2-. The summed E-state index contributed by atoms with van der Waals surface area (Å²) in [6.45, 7) is 1.51. The molecule has 5 nitrogen and oxygen atoms in total. The van der Waals surface area contributed by atoms with Crippen molar-refractivity contribution in [3.8, 4) is 0 Å². The average molecular weight is 318 g/mol. The van der Waals surface area contributed by atoms with E-state index in [9.17, 15) is 38.8 Å². The number of alkyl halides is 5. The number of unbranched alkanes of at least 4 members (excludes halogenated alkanes) is 1. The van der Waals surface area contributed by atoms with Crippen molar-refractivity contribution in [1.82, 2.24) is 0 Å². The van der Waals surface area contributed by atoms with Crippen molar-refractivity contribution in [1.29, 1.82) is 0 Å². The molecule has 0 rings (SSSR count). The molecule has 18 heavy (non-hydrogen) atoms. The van der Waals surface area contributed by atoms with Crippen LogP contribution in [-0.4, -0.2) is 34.0 Å². The molecule has 0 saturated heterocycles. The maximum absolute atomic E-state index is 12.5. The summed E-state index contributed by atoms with van der Waals surface area (Å²) in [4.78, 5) is 0. The van der Waals surface area contributed by atoms with Gasteiger partial charge < -0.3 is 4.13 Å². The lowest BCUT2D eigenvalue weighted by Gasteiger charge is -2.28.